The van der Waals surface area contributed by atoms with Gasteiger partial charge in [0.1, 0.15) is 0 Å². The Morgan fingerprint density at radius 2 is 1.81 bits per heavy atom. The summed E-state index contributed by atoms with van der Waals surface area (Å²) in [5, 5.41) is 6.19. The van der Waals surface area contributed by atoms with E-state index in [0.29, 0.717) is 17.7 Å². The van der Waals surface area contributed by atoms with E-state index >= 15 is 0 Å². The van der Waals surface area contributed by atoms with E-state index in [-0.39, 0.29) is 17.9 Å². The second-order valence-electron chi connectivity index (χ2n) is 7.89. The Hall–Kier alpha value is -2.04. The second kappa shape index (κ2) is 9.77. The highest BCUT2D eigenvalue weighted by Crippen LogP contribution is 2.28. The van der Waals surface area contributed by atoms with Gasteiger partial charge in [0.25, 0.3) is 5.91 Å². The third-order valence-electron chi connectivity index (χ3n) is 5.67. The molecule has 2 aliphatic rings. The van der Waals surface area contributed by atoms with Crippen molar-refractivity contribution < 1.29 is 9.59 Å². The molecule has 0 unspecified atom stereocenters. The molecule has 2 N–H and O–H groups in total. The van der Waals surface area contributed by atoms with Crippen molar-refractivity contribution in [3.8, 4) is 0 Å². The molecule has 0 aromatic heterocycles. The number of hydrogen-bond acceptors (Lipinski definition) is 3. The van der Waals surface area contributed by atoms with E-state index in [9.17, 15) is 9.59 Å². The molecule has 2 amide bonds. The smallest absolute Gasteiger partial charge is 0.253 e. The first-order chi connectivity index (χ1) is 13.2. The largest absolute Gasteiger partial charge is 0.371 e. The monoisotopic (exact) mass is 371 g/mol. The van der Waals surface area contributed by atoms with Crippen molar-refractivity contribution in [2.45, 2.75) is 77.2 Å². The molecule has 2 fully saturated rings. The van der Waals surface area contributed by atoms with Gasteiger partial charge in [0.2, 0.25) is 5.91 Å². The molecule has 0 atom stereocenters. The molecule has 1 aliphatic heterocycles. The van der Waals surface area contributed by atoms with Gasteiger partial charge in [-0.3, -0.25) is 9.59 Å². The van der Waals surface area contributed by atoms with Crippen LogP contribution in [0, 0.1) is 0 Å². The van der Waals surface area contributed by atoms with E-state index in [1.165, 1.54) is 32.1 Å². The van der Waals surface area contributed by atoms with Gasteiger partial charge in [0, 0.05) is 36.9 Å². The summed E-state index contributed by atoms with van der Waals surface area (Å²) in [6, 6.07) is 6.06. The van der Waals surface area contributed by atoms with Crippen molar-refractivity contribution in [1.29, 1.82) is 0 Å². The van der Waals surface area contributed by atoms with Gasteiger partial charge in [-0.05, 0) is 50.3 Å². The van der Waals surface area contributed by atoms with Crippen LogP contribution in [0.25, 0.3) is 0 Å². The van der Waals surface area contributed by atoms with Gasteiger partial charge in [-0.1, -0.05) is 32.6 Å². The minimum absolute atomic E-state index is 0.00606. The van der Waals surface area contributed by atoms with Crippen LogP contribution in [0.15, 0.2) is 18.2 Å². The summed E-state index contributed by atoms with van der Waals surface area (Å²) in [5.74, 6) is 0.0119. The average Bonchev–Trinajstić information content (AvgIpc) is 3.21. The zero-order chi connectivity index (χ0) is 19.1. The van der Waals surface area contributed by atoms with Gasteiger partial charge in [0.15, 0.2) is 0 Å². The van der Waals surface area contributed by atoms with Crippen LogP contribution in [-0.4, -0.2) is 30.9 Å². The highest BCUT2D eigenvalue weighted by Gasteiger charge is 2.23. The summed E-state index contributed by atoms with van der Waals surface area (Å²) in [4.78, 5) is 27.4. The van der Waals surface area contributed by atoms with Crippen molar-refractivity contribution in [3.05, 3.63) is 23.8 Å². The van der Waals surface area contributed by atoms with Gasteiger partial charge in [-0.15, -0.1) is 0 Å². The Bertz CT molecular complexity index is 647. The lowest BCUT2D eigenvalue weighted by atomic mass is 9.95. The van der Waals surface area contributed by atoms with E-state index in [1.807, 2.05) is 18.2 Å². The number of benzene rings is 1. The van der Waals surface area contributed by atoms with Crippen molar-refractivity contribution in [1.82, 2.24) is 5.32 Å². The Morgan fingerprint density at radius 1 is 1.07 bits per heavy atom. The second-order valence-corrected chi connectivity index (χ2v) is 7.89. The molecular weight excluding hydrogens is 338 g/mol. The molecule has 5 heteroatoms. The first-order valence-corrected chi connectivity index (χ1v) is 10.7. The number of amides is 2. The van der Waals surface area contributed by atoms with Crippen LogP contribution < -0.4 is 15.5 Å². The molecule has 1 aromatic rings. The van der Waals surface area contributed by atoms with E-state index in [4.69, 9.17) is 0 Å². The highest BCUT2D eigenvalue weighted by molar-refractivity contribution is 6.02. The topological polar surface area (TPSA) is 61.4 Å². The van der Waals surface area contributed by atoms with Crippen LogP contribution in [0.4, 0.5) is 11.4 Å². The molecule has 1 saturated carbocycles. The summed E-state index contributed by atoms with van der Waals surface area (Å²) < 4.78 is 0. The van der Waals surface area contributed by atoms with Crippen molar-refractivity contribution >= 4 is 23.2 Å². The first kappa shape index (κ1) is 19.7. The number of carbonyl (C=O) groups excluding carboxylic acids is 2. The first-order valence-electron chi connectivity index (χ1n) is 10.7. The molecule has 1 aliphatic carbocycles. The summed E-state index contributed by atoms with van der Waals surface area (Å²) in [6.45, 7) is 4.06. The molecule has 27 heavy (non-hydrogen) atoms. The lowest BCUT2D eigenvalue weighted by Gasteiger charge is -2.25. The predicted molar refractivity (Wildman–Crippen MR) is 110 cm³/mol. The summed E-state index contributed by atoms with van der Waals surface area (Å²) >= 11 is 0. The van der Waals surface area contributed by atoms with Crippen LogP contribution in [0.3, 0.4) is 0 Å². The normalized spacial score (nSPS) is 17.7. The molecule has 3 rings (SSSR count). The predicted octanol–water partition coefficient (Wildman–Crippen LogP) is 4.48. The Morgan fingerprint density at radius 3 is 2.52 bits per heavy atom. The zero-order valence-corrected chi connectivity index (χ0v) is 16.6. The molecule has 148 valence electrons. The minimum atomic E-state index is -0.00606. The standard InChI is InChI=1S/C22H33N3O2/c1-2-3-11-21(26)23-18-12-13-20(25-14-7-8-15-25)19(16-18)22(27)24-17-9-5-4-6-10-17/h12-13,16-17H,2-11,14-15H2,1H3,(H,23,26)(H,24,27). The van der Waals surface area contributed by atoms with Crippen molar-refractivity contribution in [2.24, 2.45) is 0 Å². The molecule has 5 nitrogen and oxygen atoms in total. The Labute approximate surface area is 162 Å². The fourth-order valence-corrected chi connectivity index (χ4v) is 4.10. The van der Waals surface area contributed by atoms with E-state index < -0.39 is 0 Å². The molecular formula is C22H33N3O2. The zero-order valence-electron chi connectivity index (χ0n) is 16.6. The van der Waals surface area contributed by atoms with Crippen LogP contribution in [-0.2, 0) is 4.79 Å². The summed E-state index contributed by atoms with van der Waals surface area (Å²) in [6.07, 6.45) is 10.5. The number of nitrogens with one attached hydrogen (secondary N) is 2. The van der Waals surface area contributed by atoms with E-state index in [0.717, 1.165) is 44.5 Å². The Balaban J connectivity index is 1.77. The van der Waals surface area contributed by atoms with Crippen molar-refractivity contribution in [2.75, 3.05) is 23.3 Å². The molecule has 0 spiro atoms. The molecule has 1 aromatic carbocycles. The number of hydrogen-bond donors (Lipinski definition) is 2. The summed E-state index contributed by atoms with van der Waals surface area (Å²) in [7, 11) is 0. The quantitative estimate of drug-likeness (QED) is 0.743. The average molecular weight is 372 g/mol. The van der Waals surface area contributed by atoms with Crippen LogP contribution in [0.2, 0.25) is 0 Å². The number of nitrogens with zero attached hydrogens (tertiary/aromatic N) is 1. The van der Waals surface area contributed by atoms with Gasteiger partial charge < -0.3 is 15.5 Å². The van der Waals surface area contributed by atoms with Gasteiger partial charge in [-0.25, -0.2) is 0 Å². The van der Waals surface area contributed by atoms with Gasteiger partial charge >= 0.3 is 0 Å². The molecule has 1 saturated heterocycles. The maximum atomic E-state index is 13.0. The SMILES string of the molecule is CCCCC(=O)Nc1ccc(N2CCCC2)c(C(=O)NC2CCCCC2)c1. The summed E-state index contributed by atoms with van der Waals surface area (Å²) in [5.41, 5.74) is 2.40. The van der Waals surface area contributed by atoms with E-state index in [1.54, 1.807) is 0 Å². The fraction of sp³-hybridized carbons (Fsp3) is 0.636. The number of rotatable bonds is 7. The molecule has 0 bridgehead atoms. The third kappa shape index (κ3) is 5.47. The van der Waals surface area contributed by atoms with Crippen molar-refractivity contribution in [3.63, 3.8) is 0 Å². The Kier molecular flexibility index (Phi) is 7.13. The van der Waals surface area contributed by atoms with Crippen LogP contribution in [0.1, 0.15) is 81.5 Å². The fourth-order valence-electron chi connectivity index (χ4n) is 4.10. The number of carbonyl (C=O) groups is 2. The minimum Gasteiger partial charge on any atom is -0.371 e. The van der Waals surface area contributed by atoms with Crippen LogP contribution >= 0.6 is 0 Å². The lowest BCUT2D eigenvalue weighted by Crippen LogP contribution is -2.37. The number of anilines is 2. The number of unbranched alkanes of at least 4 members (excludes halogenated alkanes) is 1. The third-order valence-corrected chi connectivity index (χ3v) is 5.67. The van der Waals surface area contributed by atoms with Gasteiger partial charge in [0.05, 0.1) is 5.56 Å². The lowest BCUT2D eigenvalue weighted by molar-refractivity contribution is -0.116. The highest BCUT2D eigenvalue weighted by atomic mass is 16.2. The maximum absolute atomic E-state index is 13.0. The molecule has 1 heterocycles. The maximum Gasteiger partial charge on any atom is 0.253 e. The van der Waals surface area contributed by atoms with Gasteiger partial charge in [-0.2, -0.15) is 0 Å². The molecule has 0 radical (unpaired) electrons. The van der Waals surface area contributed by atoms with Crippen LogP contribution in [0.5, 0.6) is 0 Å². The van der Waals surface area contributed by atoms with E-state index in [2.05, 4.69) is 22.5 Å².